The van der Waals surface area contributed by atoms with Crippen molar-refractivity contribution in [1.82, 2.24) is 5.32 Å². The second kappa shape index (κ2) is 5.95. The van der Waals surface area contributed by atoms with Gasteiger partial charge in [-0.25, -0.2) is 4.79 Å². The van der Waals surface area contributed by atoms with Crippen LogP contribution in [0.15, 0.2) is 18.2 Å². The maximum Gasteiger partial charge on any atom is 0.407 e. The third kappa shape index (κ3) is 3.84. The summed E-state index contributed by atoms with van der Waals surface area (Å²) in [4.78, 5) is 11.0. The molecule has 0 saturated heterocycles. The summed E-state index contributed by atoms with van der Waals surface area (Å²) in [7, 11) is 0. The Labute approximate surface area is 98.5 Å². The normalized spacial score (nSPS) is 11.9. The van der Waals surface area contributed by atoms with Crippen molar-refractivity contribution in [1.29, 1.82) is 0 Å². The average molecular weight is 241 g/mol. The molecule has 6 heteroatoms. The minimum Gasteiger partial charge on any atom is -0.504 e. The van der Waals surface area contributed by atoms with Crippen molar-refractivity contribution < 1.29 is 24.9 Å². The van der Waals surface area contributed by atoms with Crippen LogP contribution in [0, 0.1) is 0 Å². The Balaban J connectivity index is 2.54. The fourth-order valence-electron chi connectivity index (χ4n) is 1.23. The van der Waals surface area contributed by atoms with E-state index in [-0.39, 0.29) is 24.7 Å². The minimum atomic E-state index is -0.981. The standard InChI is InChI=1S/C11H15NO5/c1-2-17-11(16)12-6-10(15)7-3-4-8(13)9(14)5-7/h3-5,10,13-15H,2,6H2,1H3,(H,12,16)/t10-/m0/s1. The molecule has 1 amide bonds. The van der Waals surface area contributed by atoms with Gasteiger partial charge in [-0.3, -0.25) is 0 Å². The van der Waals surface area contributed by atoms with Gasteiger partial charge in [-0.15, -0.1) is 0 Å². The van der Waals surface area contributed by atoms with Crippen molar-refractivity contribution in [2.24, 2.45) is 0 Å². The largest absolute Gasteiger partial charge is 0.504 e. The van der Waals surface area contributed by atoms with E-state index < -0.39 is 12.2 Å². The van der Waals surface area contributed by atoms with E-state index in [0.29, 0.717) is 5.56 Å². The van der Waals surface area contributed by atoms with Gasteiger partial charge in [0.1, 0.15) is 0 Å². The van der Waals surface area contributed by atoms with E-state index in [0.717, 1.165) is 0 Å². The second-order valence-corrected chi connectivity index (χ2v) is 3.37. The first kappa shape index (κ1) is 13.1. The summed E-state index contributed by atoms with van der Waals surface area (Å²) >= 11 is 0. The molecule has 0 aromatic heterocycles. The number of aliphatic hydroxyl groups is 1. The first-order chi connectivity index (χ1) is 8.04. The van der Waals surface area contributed by atoms with Crippen LogP contribution >= 0.6 is 0 Å². The van der Waals surface area contributed by atoms with E-state index in [9.17, 15) is 15.0 Å². The number of rotatable bonds is 4. The van der Waals surface area contributed by atoms with Crippen molar-refractivity contribution >= 4 is 6.09 Å². The summed E-state index contributed by atoms with van der Waals surface area (Å²) in [6, 6.07) is 3.94. The van der Waals surface area contributed by atoms with Crippen molar-refractivity contribution in [2.45, 2.75) is 13.0 Å². The van der Waals surface area contributed by atoms with Crippen molar-refractivity contribution in [3.63, 3.8) is 0 Å². The number of benzene rings is 1. The Kier molecular flexibility index (Phi) is 4.59. The zero-order valence-electron chi connectivity index (χ0n) is 9.38. The molecule has 0 saturated carbocycles. The summed E-state index contributed by atoms with van der Waals surface area (Å²) < 4.78 is 4.62. The number of amides is 1. The maximum absolute atomic E-state index is 11.0. The Bertz CT molecular complexity index is 393. The van der Waals surface area contributed by atoms with Gasteiger partial charge in [-0.2, -0.15) is 0 Å². The lowest BCUT2D eigenvalue weighted by Gasteiger charge is -2.12. The second-order valence-electron chi connectivity index (χ2n) is 3.37. The van der Waals surface area contributed by atoms with Crippen molar-refractivity contribution in [3.05, 3.63) is 23.8 Å². The Morgan fingerprint density at radius 3 is 2.71 bits per heavy atom. The molecule has 0 unspecified atom stereocenters. The molecule has 0 radical (unpaired) electrons. The lowest BCUT2D eigenvalue weighted by atomic mass is 10.1. The van der Waals surface area contributed by atoms with E-state index in [1.165, 1.54) is 18.2 Å². The third-order valence-corrected chi connectivity index (χ3v) is 2.10. The van der Waals surface area contributed by atoms with Gasteiger partial charge in [-0.1, -0.05) is 6.07 Å². The zero-order valence-corrected chi connectivity index (χ0v) is 9.38. The number of hydrogen-bond donors (Lipinski definition) is 4. The molecule has 0 aliphatic carbocycles. The molecule has 6 nitrogen and oxygen atoms in total. The van der Waals surface area contributed by atoms with Gasteiger partial charge in [0.25, 0.3) is 0 Å². The molecule has 0 spiro atoms. The zero-order chi connectivity index (χ0) is 12.8. The van der Waals surface area contributed by atoms with E-state index in [1.54, 1.807) is 6.92 Å². The molecule has 0 aliphatic rings. The van der Waals surface area contributed by atoms with Gasteiger partial charge in [0.15, 0.2) is 11.5 Å². The van der Waals surface area contributed by atoms with E-state index >= 15 is 0 Å². The van der Waals surface area contributed by atoms with E-state index in [2.05, 4.69) is 10.1 Å². The van der Waals surface area contributed by atoms with Crippen LogP contribution in [-0.4, -0.2) is 34.6 Å². The van der Waals surface area contributed by atoms with Gasteiger partial charge in [0.05, 0.1) is 19.3 Å². The monoisotopic (exact) mass is 241 g/mol. The van der Waals surface area contributed by atoms with Gasteiger partial charge < -0.3 is 25.4 Å². The predicted octanol–water partition coefficient (Wildman–Crippen LogP) is 0.877. The van der Waals surface area contributed by atoms with Crippen LogP contribution in [0.3, 0.4) is 0 Å². The summed E-state index contributed by atoms with van der Waals surface area (Å²) in [6.07, 6.45) is -1.60. The highest BCUT2D eigenvalue weighted by Gasteiger charge is 2.11. The molecule has 1 rings (SSSR count). The lowest BCUT2D eigenvalue weighted by Crippen LogP contribution is -2.28. The third-order valence-electron chi connectivity index (χ3n) is 2.10. The molecule has 1 aromatic carbocycles. The number of aliphatic hydroxyl groups excluding tert-OH is 1. The van der Waals surface area contributed by atoms with E-state index in [4.69, 9.17) is 5.11 Å². The molecule has 0 bridgehead atoms. The number of aromatic hydroxyl groups is 2. The van der Waals surface area contributed by atoms with E-state index in [1.807, 2.05) is 0 Å². The lowest BCUT2D eigenvalue weighted by molar-refractivity contribution is 0.135. The highest BCUT2D eigenvalue weighted by Crippen LogP contribution is 2.27. The highest BCUT2D eigenvalue weighted by atomic mass is 16.5. The quantitative estimate of drug-likeness (QED) is 0.586. The van der Waals surface area contributed by atoms with Crippen LogP contribution in [0.4, 0.5) is 4.79 Å². The summed E-state index contributed by atoms with van der Waals surface area (Å²) in [5, 5.41) is 30.4. The summed E-state index contributed by atoms with van der Waals surface area (Å²) in [5.41, 5.74) is 0.386. The molecule has 94 valence electrons. The number of phenols is 2. The fourth-order valence-corrected chi connectivity index (χ4v) is 1.23. The van der Waals surface area contributed by atoms with Crippen molar-refractivity contribution in [2.75, 3.05) is 13.2 Å². The van der Waals surface area contributed by atoms with Crippen LogP contribution in [0.2, 0.25) is 0 Å². The van der Waals surface area contributed by atoms with Gasteiger partial charge in [0.2, 0.25) is 0 Å². The fraction of sp³-hybridized carbons (Fsp3) is 0.364. The minimum absolute atomic E-state index is 0.0386. The Hall–Kier alpha value is -1.95. The van der Waals surface area contributed by atoms with Crippen LogP contribution < -0.4 is 5.32 Å². The molecule has 0 aliphatic heterocycles. The van der Waals surface area contributed by atoms with Gasteiger partial charge in [-0.05, 0) is 24.6 Å². The molecule has 17 heavy (non-hydrogen) atoms. The first-order valence-corrected chi connectivity index (χ1v) is 5.15. The van der Waals surface area contributed by atoms with Crippen LogP contribution in [0.1, 0.15) is 18.6 Å². The van der Waals surface area contributed by atoms with Gasteiger partial charge >= 0.3 is 6.09 Å². The number of alkyl carbamates (subject to hydrolysis) is 1. The number of phenolic OH excluding ortho intramolecular Hbond substituents is 2. The maximum atomic E-state index is 11.0. The van der Waals surface area contributed by atoms with Crippen molar-refractivity contribution in [3.8, 4) is 11.5 Å². The highest BCUT2D eigenvalue weighted by molar-refractivity contribution is 5.67. The number of carbonyl (C=O) groups excluding carboxylic acids is 1. The topological polar surface area (TPSA) is 99.0 Å². The Morgan fingerprint density at radius 1 is 1.41 bits per heavy atom. The summed E-state index contributed by atoms with van der Waals surface area (Å²) in [5.74, 6) is -0.586. The SMILES string of the molecule is CCOC(=O)NC[C@H](O)c1ccc(O)c(O)c1. The molecular weight excluding hydrogens is 226 g/mol. The molecule has 4 N–H and O–H groups in total. The molecule has 1 atom stereocenters. The first-order valence-electron chi connectivity index (χ1n) is 5.15. The Morgan fingerprint density at radius 2 is 2.12 bits per heavy atom. The van der Waals surface area contributed by atoms with Gasteiger partial charge in [0, 0.05) is 0 Å². The number of nitrogens with one attached hydrogen (secondary N) is 1. The number of hydrogen-bond acceptors (Lipinski definition) is 5. The molecular formula is C11H15NO5. The number of ether oxygens (including phenoxy) is 1. The van der Waals surface area contributed by atoms with Crippen LogP contribution in [0.25, 0.3) is 0 Å². The number of carbonyl (C=O) groups is 1. The van der Waals surface area contributed by atoms with Crippen LogP contribution in [0.5, 0.6) is 11.5 Å². The molecule has 0 heterocycles. The predicted molar refractivity (Wildman–Crippen MR) is 59.8 cm³/mol. The molecule has 1 aromatic rings. The smallest absolute Gasteiger partial charge is 0.407 e. The molecule has 0 fully saturated rings. The average Bonchev–Trinajstić information content (AvgIpc) is 2.30. The summed E-state index contributed by atoms with van der Waals surface area (Å²) in [6.45, 7) is 1.89. The van der Waals surface area contributed by atoms with Crippen LogP contribution in [-0.2, 0) is 4.74 Å².